The third-order valence-electron chi connectivity index (χ3n) is 3.34. The standard InChI is InChI=1S/C16H18O4S/c1-11-8-14(9-12(2)16(11)21(17,18)19)10-13-4-6-15(20-3)7-5-13/h4-9H,10H2,1-3H3,(H,17,18,19)/p-1. The van der Waals surface area contributed by atoms with E-state index in [4.69, 9.17) is 4.74 Å². The van der Waals surface area contributed by atoms with Crippen LogP contribution in [0.3, 0.4) is 0 Å². The van der Waals surface area contributed by atoms with Crippen LogP contribution in [0.4, 0.5) is 0 Å². The topological polar surface area (TPSA) is 66.4 Å². The van der Waals surface area contributed by atoms with E-state index in [1.165, 1.54) is 0 Å². The van der Waals surface area contributed by atoms with E-state index in [1.807, 2.05) is 24.3 Å². The summed E-state index contributed by atoms with van der Waals surface area (Å²) in [6, 6.07) is 11.2. The van der Waals surface area contributed by atoms with Crippen molar-refractivity contribution >= 4 is 10.1 Å². The van der Waals surface area contributed by atoms with E-state index in [2.05, 4.69) is 0 Å². The molecule has 0 aliphatic rings. The van der Waals surface area contributed by atoms with Gasteiger partial charge in [-0.05, 0) is 54.7 Å². The van der Waals surface area contributed by atoms with Crippen molar-refractivity contribution in [2.24, 2.45) is 0 Å². The molecule has 0 N–H and O–H groups in total. The monoisotopic (exact) mass is 305 g/mol. The van der Waals surface area contributed by atoms with Gasteiger partial charge in [0.15, 0.2) is 0 Å². The second kappa shape index (κ2) is 5.87. The molecule has 112 valence electrons. The lowest BCUT2D eigenvalue weighted by molar-refractivity contribution is 0.414. The maximum absolute atomic E-state index is 11.2. The fourth-order valence-electron chi connectivity index (χ4n) is 2.52. The van der Waals surface area contributed by atoms with Gasteiger partial charge in [-0.1, -0.05) is 24.3 Å². The highest BCUT2D eigenvalue weighted by molar-refractivity contribution is 7.85. The van der Waals surface area contributed by atoms with Gasteiger partial charge >= 0.3 is 0 Å². The van der Waals surface area contributed by atoms with Crippen LogP contribution in [-0.2, 0) is 16.5 Å². The van der Waals surface area contributed by atoms with E-state index in [0.29, 0.717) is 17.5 Å². The van der Waals surface area contributed by atoms with Crippen LogP contribution in [-0.4, -0.2) is 20.1 Å². The number of hydrogen-bond acceptors (Lipinski definition) is 4. The maximum atomic E-state index is 11.2. The molecule has 0 amide bonds. The zero-order valence-electron chi connectivity index (χ0n) is 12.2. The molecule has 0 aliphatic heterocycles. The van der Waals surface area contributed by atoms with Crippen LogP contribution in [0.2, 0.25) is 0 Å². The Balaban J connectivity index is 2.33. The Bertz CT molecular complexity index is 723. The van der Waals surface area contributed by atoms with Crippen molar-refractivity contribution in [1.82, 2.24) is 0 Å². The van der Waals surface area contributed by atoms with E-state index in [9.17, 15) is 13.0 Å². The normalized spacial score (nSPS) is 11.4. The molecule has 0 aliphatic carbocycles. The Morgan fingerprint density at radius 2 is 1.52 bits per heavy atom. The first-order valence-electron chi connectivity index (χ1n) is 6.50. The van der Waals surface area contributed by atoms with Crippen LogP contribution in [0.1, 0.15) is 22.3 Å². The van der Waals surface area contributed by atoms with Gasteiger partial charge in [0.1, 0.15) is 15.9 Å². The first-order chi connectivity index (χ1) is 9.81. The van der Waals surface area contributed by atoms with Gasteiger partial charge in [-0.15, -0.1) is 0 Å². The number of methoxy groups -OCH3 is 1. The van der Waals surface area contributed by atoms with Crippen molar-refractivity contribution < 1.29 is 17.7 Å². The summed E-state index contributed by atoms with van der Waals surface area (Å²) >= 11 is 0. The van der Waals surface area contributed by atoms with E-state index in [1.54, 1.807) is 33.1 Å². The van der Waals surface area contributed by atoms with Crippen LogP contribution in [0.15, 0.2) is 41.3 Å². The van der Waals surface area contributed by atoms with Crippen molar-refractivity contribution in [2.45, 2.75) is 25.2 Å². The lowest BCUT2D eigenvalue weighted by Crippen LogP contribution is -2.05. The van der Waals surface area contributed by atoms with Crippen molar-refractivity contribution in [2.75, 3.05) is 7.11 Å². The van der Waals surface area contributed by atoms with Crippen molar-refractivity contribution in [1.29, 1.82) is 0 Å². The van der Waals surface area contributed by atoms with Gasteiger partial charge in [-0.25, -0.2) is 8.42 Å². The number of rotatable bonds is 4. The molecular weight excluding hydrogens is 288 g/mol. The third-order valence-corrected chi connectivity index (χ3v) is 4.48. The molecule has 0 unspecified atom stereocenters. The highest BCUT2D eigenvalue weighted by Gasteiger charge is 2.11. The van der Waals surface area contributed by atoms with Crippen LogP contribution in [0, 0.1) is 13.8 Å². The Morgan fingerprint density at radius 3 is 1.95 bits per heavy atom. The molecule has 0 aromatic heterocycles. The summed E-state index contributed by atoms with van der Waals surface area (Å²) < 4.78 is 38.8. The second-order valence-electron chi connectivity index (χ2n) is 5.04. The first kappa shape index (κ1) is 15.5. The Morgan fingerprint density at radius 1 is 1.00 bits per heavy atom. The fourth-order valence-corrected chi connectivity index (χ4v) is 3.42. The Labute approximate surface area is 125 Å². The molecule has 5 heteroatoms. The van der Waals surface area contributed by atoms with Crippen LogP contribution >= 0.6 is 0 Å². The molecule has 0 radical (unpaired) electrons. The molecule has 0 heterocycles. The van der Waals surface area contributed by atoms with E-state index >= 15 is 0 Å². The molecule has 0 saturated heterocycles. The van der Waals surface area contributed by atoms with Gasteiger partial charge < -0.3 is 9.29 Å². The molecular formula is C16H17O4S-. The van der Waals surface area contributed by atoms with Gasteiger partial charge in [0, 0.05) is 0 Å². The lowest BCUT2D eigenvalue weighted by atomic mass is 10.0. The largest absolute Gasteiger partial charge is 0.744 e. The van der Waals surface area contributed by atoms with Crippen LogP contribution in [0.5, 0.6) is 5.75 Å². The summed E-state index contributed by atoms with van der Waals surface area (Å²) in [6.07, 6.45) is 0.671. The quantitative estimate of drug-likeness (QED) is 0.815. The average molecular weight is 305 g/mol. The third kappa shape index (κ3) is 3.62. The minimum atomic E-state index is -4.43. The molecule has 2 rings (SSSR count). The van der Waals surface area contributed by atoms with Gasteiger partial charge in [-0.3, -0.25) is 0 Å². The lowest BCUT2D eigenvalue weighted by Gasteiger charge is -2.15. The van der Waals surface area contributed by atoms with Gasteiger partial charge in [0.2, 0.25) is 0 Å². The molecule has 0 spiro atoms. The molecule has 2 aromatic carbocycles. The van der Waals surface area contributed by atoms with Crippen molar-refractivity contribution in [3.63, 3.8) is 0 Å². The molecule has 4 nitrogen and oxygen atoms in total. The minimum Gasteiger partial charge on any atom is -0.744 e. The summed E-state index contributed by atoms with van der Waals surface area (Å²) in [4.78, 5) is -0.110. The zero-order chi connectivity index (χ0) is 15.6. The molecule has 0 atom stereocenters. The Kier molecular flexibility index (Phi) is 4.34. The van der Waals surface area contributed by atoms with Gasteiger partial charge in [-0.2, -0.15) is 0 Å². The zero-order valence-corrected chi connectivity index (χ0v) is 13.0. The van der Waals surface area contributed by atoms with Gasteiger partial charge in [0.25, 0.3) is 0 Å². The van der Waals surface area contributed by atoms with Crippen LogP contribution in [0.25, 0.3) is 0 Å². The molecule has 21 heavy (non-hydrogen) atoms. The molecule has 2 aromatic rings. The summed E-state index contributed by atoms with van der Waals surface area (Å²) in [5.74, 6) is 0.791. The maximum Gasteiger partial charge on any atom is 0.124 e. The summed E-state index contributed by atoms with van der Waals surface area (Å²) in [5.41, 5.74) is 3.05. The predicted molar refractivity (Wildman–Crippen MR) is 79.7 cm³/mol. The highest BCUT2D eigenvalue weighted by Crippen LogP contribution is 2.23. The average Bonchev–Trinajstić information content (AvgIpc) is 2.37. The smallest absolute Gasteiger partial charge is 0.124 e. The SMILES string of the molecule is COc1ccc(Cc2cc(C)c(S(=O)(=O)[O-])c(C)c2)cc1. The molecule has 0 fully saturated rings. The summed E-state index contributed by atoms with van der Waals surface area (Å²) in [7, 11) is -2.81. The Hall–Kier alpha value is -1.85. The van der Waals surface area contributed by atoms with E-state index in [0.717, 1.165) is 16.9 Å². The van der Waals surface area contributed by atoms with E-state index in [-0.39, 0.29) is 4.90 Å². The first-order valence-corrected chi connectivity index (χ1v) is 7.91. The minimum absolute atomic E-state index is 0.110. The van der Waals surface area contributed by atoms with E-state index < -0.39 is 10.1 Å². The van der Waals surface area contributed by atoms with Gasteiger partial charge in [0.05, 0.1) is 12.0 Å². The summed E-state index contributed by atoms with van der Waals surface area (Å²) in [6.45, 7) is 3.30. The second-order valence-corrected chi connectivity index (χ2v) is 6.35. The number of hydrogen-bond donors (Lipinski definition) is 0. The summed E-state index contributed by atoms with van der Waals surface area (Å²) in [5, 5.41) is 0. The predicted octanol–water partition coefficient (Wildman–Crippen LogP) is 2.81. The molecule has 0 bridgehead atoms. The highest BCUT2D eigenvalue weighted by atomic mass is 32.2. The van der Waals surface area contributed by atoms with Crippen molar-refractivity contribution in [3.05, 3.63) is 58.7 Å². The molecule has 0 saturated carbocycles. The van der Waals surface area contributed by atoms with Crippen LogP contribution < -0.4 is 4.74 Å². The fraction of sp³-hybridized carbons (Fsp3) is 0.250. The number of benzene rings is 2. The number of aryl methyl sites for hydroxylation is 2. The van der Waals surface area contributed by atoms with Crippen molar-refractivity contribution in [3.8, 4) is 5.75 Å². The number of ether oxygens (including phenoxy) is 1.